The molecule has 0 radical (unpaired) electrons. The molecule has 0 bridgehead atoms. The van der Waals surface area contributed by atoms with Gasteiger partial charge in [-0.05, 0) is 37.1 Å². The highest BCUT2D eigenvalue weighted by Gasteiger charge is 2.20. The highest BCUT2D eigenvalue weighted by molar-refractivity contribution is 7.11. The summed E-state index contributed by atoms with van der Waals surface area (Å²) in [6.07, 6.45) is 6.75. The number of thiophene rings is 1. The van der Waals surface area contributed by atoms with Crippen LogP contribution >= 0.6 is 11.3 Å². The lowest BCUT2D eigenvalue weighted by Gasteiger charge is -2.21. The van der Waals surface area contributed by atoms with E-state index in [0.717, 1.165) is 48.6 Å². The fourth-order valence-electron chi connectivity index (χ4n) is 3.17. The molecule has 2 saturated heterocycles. The molecular weight excluding hydrogens is 320 g/mol. The normalized spacial score (nSPS) is 18.0. The van der Waals surface area contributed by atoms with Gasteiger partial charge in [-0.2, -0.15) is 15.1 Å². The second-order valence-corrected chi connectivity index (χ2v) is 7.16. The van der Waals surface area contributed by atoms with E-state index in [1.807, 2.05) is 29.8 Å². The van der Waals surface area contributed by atoms with Gasteiger partial charge in [-0.15, -0.1) is 11.3 Å². The van der Waals surface area contributed by atoms with Gasteiger partial charge in [-0.25, -0.2) is 0 Å². The van der Waals surface area contributed by atoms with E-state index in [2.05, 4.69) is 25.3 Å². The maximum Gasteiger partial charge on any atom is 0.229 e. The molecule has 0 spiro atoms. The molecule has 0 aromatic carbocycles. The van der Waals surface area contributed by atoms with E-state index < -0.39 is 0 Å². The standard InChI is InChI=1S/C17H22N6S/c1-2-8-22(7-1)16-12-15(21-18-13-14-6-5-11-24-14)19-17(20-16)23-9-3-4-10-23/h5-6,11-13H,1-4,7-10H2,(H,19,20,21)/b18-13-. The van der Waals surface area contributed by atoms with Gasteiger partial charge in [0, 0.05) is 37.1 Å². The molecule has 2 aromatic heterocycles. The number of rotatable bonds is 5. The number of nitrogens with one attached hydrogen (secondary N) is 1. The van der Waals surface area contributed by atoms with Gasteiger partial charge in [0.2, 0.25) is 5.95 Å². The van der Waals surface area contributed by atoms with Gasteiger partial charge in [-0.3, -0.25) is 5.43 Å². The highest BCUT2D eigenvalue weighted by Crippen LogP contribution is 2.25. The van der Waals surface area contributed by atoms with Gasteiger partial charge in [0.15, 0.2) is 5.82 Å². The molecule has 2 fully saturated rings. The van der Waals surface area contributed by atoms with Crippen molar-refractivity contribution in [3.8, 4) is 0 Å². The highest BCUT2D eigenvalue weighted by atomic mass is 32.1. The van der Waals surface area contributed by atoms with E-state index in [4.69, 9.17) is 4.98 Å². The van der Waals surface area contributed by atoms with Gasteiger partial charge in [-0.1, -0.05) is 6.07 Å². The van der Waals surface area contributed by atoms with Crippen LogP contribution in [0, 0.1) is 0 Å². The lowest BCUT2D eigenvalue weighted by Crippen LogP contribution is -2.24. The average Bonchev–Trinajstić information content (AvgIpc) is 3.35. The maximum atomic E-state index is 4.81. The van der Waals surface area contributed by atoms with E-state index >= 15 is 0 Å². The van der Waals surface area contributed by atoms with E-state index in [-0.39, 0.29) is 0 Å². The van der Waals surface area contributed by atoms with Crippen LogP contribution in [0.3, 0.4) is 0 Å². The first-order valence-corrected chi connectivity index (χ1v) is 9.48. The van der Waals surface area contributed by atoms with Gasteiger partial charge in [0.1, 0.15) is 5.82 Å². The van der Waals surface area contributed by atoms with Gasteiger partial charge in [0.05, 0.1) is 6.21 Å². The monoisotopic (exact) mass is 342 g/mol. The number of anilines is 3. The van der Waals surface area contributed by atoms with Crippen LogP contribution in [-0.4, -0.2) is 42.4 Å². The summed E-state index contributed by atoms with van der Waals surface area (Å²) in [7, 11) is 0. The minimum Gasteiger partial charge on any atom is -0.356 e. The zero-order valence-electron chi connectivity index (χ0n) is 13.7. The third-order valence-corrected chi connectivity index (χ3v) is 5.24. The van der Waals surface area contributed by atoms with Crippen molar-refractivity contribution in [3.05, 3.63) is 28.5 Å². The van der Waals surface area contributed by atoms with Crippen LogP contribution in [0.5, 0.6) is 0 Å². The molecule has 4 heterocycles. The summed E-state index contributed by atoms with van der Waals surface area (Å²) >= 11 is 1.67. The molecule has 2 aromatic rings. The van der Waals surface area contributed by atoms with Gasteiger partial charge >= 0.3 is 0 Å². The van der Waals surface area contributed by atoms with Crippen LogP contribution in [0.15, 0.2) is 28.7 Å². The van der Waals surface area contributed by atoms with Crippen molar-refractivity contribution in [2.24, 2.45) is 5.10 Å². The lowest BCUT2D eigenvalue weighted by atomic mass is 10.4. The van der Waals surface area contributed by atoms with Gasteiger partial charge < -0.3 is 9.80 Å². The molecular formula is C17H22N6S. The summed E-state index contributed by atoms with van der Waals surface area (Å²) in [6, 6.07) is 6.07. The van der Waals surface area contributed by atoms with Gasteiger partial charge in [0.25, 0.3) is 0 Å². The molecule has 1 N–H and O–H groups in total. The van der Waals surface area contributed by atoms with Crippen molar-refractivity contribution in [1.29, 1.82) is 0 Å². The van der Waals surface area contributed by atoms with Crippen LogP contribution in [0.1, 0.15) is 30.6 Å². The summed E-state index contributed by atoms with van der Waals surface area (Å²) in [4.78, 5) is 15.2. The number of hydrogen-bond acceptors (Lipinski definition) is 7. The predicted molar refractivity (Wildman–Crippen MR) is 100 cm³/mol. The average molecular weight is 342 g/mol. The fourth-order valence-corrected chi connectivity index (χ4v) is 3.76. The van der Waals surface area contributed by atoms with Crippen molar-refractivity contribution in [2.45, 2.75) is 25.7 Å². The zero-order chi connectivity index (χ0) is 16.2. The molecule has 126 valence electrons. The Bertz CT molecular complexity index is 653. The third-order valence-electron chi connectivity index (χ3n) is 4.43. The molecule has 7 heteroatoms. The summed E-state index contributed by atoms with van der Waals surface area (Å²) in [5.74, 6) is 2.60. The number of aromatic nitrogens is 2. The Morgan fingerprint density at radius 3 is 2.50 bits per heavy atom. The van der Waals surface area contributed by atoms with Crippen molar-refractivity contribution in [2.75, 3.05) is 41.4 Å². The summed E-state index contributed by atoms with van der Waals surface area (Å²) in [5.41, 5.74) is 3.08. The predicted octanol–water partition coefficient (Wildman–Crippen LogP) is 3.18. The van der Waals surface area contributed by atoms with Crippen LogP contribution < -0.4 is 15.2 Å². The van der Waals surface area contributed by atoms with Crippen LogP contribution in [-0.2, 0) is 0 Å². The Morgan fingerprint density at radius 2 is 1.79 bits per heavy atom. The smallest absolute Gasteiger partial charge is 0.229 e. The zero-order valence-corrected chi connectivity index (χ0v) is 14.5. The molecule has 0 saturated carbocycles. The molecule has 6 nitrogen and oxygen atoms in total. The summed E-state index contributed by atoms with van der Waals surface area (Å²) < 4.78 is 0. The molecule has 4 rings (SSSR count). The van der Waals surface area contributed by atoms with E-state index in [0.29, 0.717) is 0 Å². The van der Waals surface area contributed by atoms with Crippen LogP contribution in [0.25, 0.3) is 0 Å². The number of hydrogen-bond donors (Lipinski definition) is 1. The molecule has 2 aliphatic heterocycles. The second-order valence-electron chi connectivity index (χ2n) is 6.19. The van der Waals surface area contributed by atoms with E-state index in [1.165, 1.54) is 25.7 Å². The fraction of sp³-hybridized carbons (Fsp3) is 0.471. The first kappa shape index (κ1) is 15.4. The lowest BCUT2D eigenvalue weighted by molar-refractivity contribution is 0.871. The summed E-state index contributed by atoms with van der Waals surface area (Å²) in [5, 5.41) is 6.37. The van der Waals surface area contributed by atoms with Crippen molar-refractivity contribution < 1.29 is 0 Å². The third kappa shape index (κ3) is 3.51. The summed E-state index contributed by atoms with van der Waals surface area (Å²) in [6.45, 7) is 4.24. The molecule has 0 amide bonds. The topological polar surface area (TPSA) is 56.7 Å². The quantitative estimate of drug-likeness (QED) is 0.668. The Hall–Kier alpha value is -2.15. The van der Waals surface area contributed by atoms with Crippen LogP contribution in [0.4, 0.5) is 17.6 Å². The Morgan fingerprint density at radius 1 is 1.04 bits per heavy atom. The molecule has 0 unspecified atom stereocenters. The first-order valence-electron chi connectivity index (χ1n) is 8.60. The Balaban J connectivity index is 1.56. The van der Waals surface area contributed by atoms with Crippen molar-refractivity contribution in [3.63, 3.8) is 0 Å². The molecule has 24 heavy (non-hydrogen) atoms. The van der Waals surface area contributed by atoms with E-state index in [9.17, 15) is 0 Å². The minimum absolute atomic E-state index is 0.765. The number of hydrazone groups is 1. The molecule has 0 aliphatic carbocycles. The molecule has 0 atom stereocenters. The number of nitrogens with zero attached hydrogens (tertiary/aromatic N) is 5. The molecule has 2 aliphatic rings. The van der Waals surface area contributed by atoms with E-state index in [1.54, 1.807) is 11.3 Å². The second kappa shape index (κ2) is 7.17. The minimum atomic E-state index is 0.765. The Labute approximate surface area is 146 Å². The largest absolute Gasteiger partial charge is 0.356 e. The van der Waals surface area contributed by atoms with Crippen LogP contribution in [0.2, 0.25) is 0 Å². The SMILES string of the molecule is C(=N/Nc1cc(N2CCCC2)nc(N2CCCC2)n1)/c1cccs1. The Kier molecular flexibility index (Phi) is 4.60. The van der Waals surface area contributed by atoms with Crippen molar-refractivity contribution >= 4 is 35.1 Å². The van der Waals surface area contributed by atoms with Crippen molar-refractivity contribution in [1.82, 2.24) is 9.97 Å². The maximum absolute atomic E-state index is 4.81. The first-order chi connectivity index (χ1) is 11.9.